The Morgan fingerprint density at radius 2 is 1.75 bits per heavy atom. The number of aryl methyl sites for hydroxylation is 1. The zero-order chi connectivity index (χ0) is 14.2. The summed E-state index contributed by atoms with van der Waals surface area (Å²) in [7, 11) is 0. The fourth-order valence-corrected chi connectivity index (χ4v) is 3.61. The minimum atomic E-state index is -0.885. The first-order chi connectivity index (χ1) is 9.59. The van der Waals surface area contributed by atoms with E-state index in [0.29, 0.717) is 38.9 Å². The number of ether oxygens (including phenoxy) is 2. The van der Waals surface area contributed by atoms with Crippen LogP contribution in [0, 0.1) is 6.92 Å². The summed E-state index contributed by atoms with van der Waals surface area (Å²) < 4.78 is 11.4. The summed E-state index contributed by atoms with van der Waals surface area (Å²) in [5, 5.41) is 20.6. The molecule has 1 spiro atoms. The first kappa shape index (κ1) is 14.0. The first-order valence-electron chi connectivity index (χ1n) is 7.29. The van der Waals surface area contributed by atoms with Crippen LogP contribution >= 0.6 is 0 Å². The number of hydrogen-bond donors (Lipinski definition) is 2. The Hall–Kier alpha value is -0.940. The summed E-state index contributed by atoms with van der Waals surface area (Å²) in [5.74, 6) is -0.478. The van der Waals surface area contributed by atoms with Crippen molar-refractivity contribution in [1.82, 2.24) is 0 Å². The van der Waals surface area contributed by atoms with E-state index >= 15 is 0 Å². The Morgan fingerprint density at radius 1 is 1.10 bits per heavy atom. The number of rotatable bonds is 2. The van der Waals surface area contributed by atoms with Gasteiger partial charge in [-0.25, -0.2) is 0 Å². The van der Waals surface area contributed by atoms with E-state index in [2.05, 4.69) is 0 Å². The standard InChI is InChI=1S/C16H22O4/c1-12-3-2-4-13(11-17)14(12)15(18)5-7-16(8-6-15)19-9-10-20-16/h2-4,17-18H,5-11H2,1H3. The van der Waals surface area contributed by atoms with Crippen LogP contribution in [0.5, 0.6) is 0 Å². The van der Waals surface area contributed by atoms with Gasteiger partial charge < -0.3 is 19.7 Å². The fraction of sp³-hybridized carbons (Fsp3) is 0.625. The second-order valence-corrected chi connectivity index (χ2v) is 5.91. The molecular formula is C16H22O4. The van der Waals surface area contributed by atoms with E-state index in [1.807, 2.05) is 25.1 Å². The van der Waals surface area contributed by atoms with Gasteiger partial charge in [-0.3, -0.25) is 0 Å². The Balaban J connectivity index is 1.87. The monoisotopic (exact) mass is 278 g/mol. The Morgan fingerprint density at radius 3 is 2.35 bits per heavy atom. The van der Waals surface area contributed by atoms with E-state index in [-0.39, 0.29) is 6.61 Å². The number of aliphatic hydroxyl groups excluding tert-OH is 1. The van der Waals surface area contributed by atoms with Gasteiger partial charge in [0.05, 0.1) is 25.4 Å². The third-order valence-electron chi connectivity index (χ3n) is 4.65. The normalized spacial score (nSPS) is 24.1. The summed E-state index contributed by atoms with van der Waals surface area (Å²) >= 11 is 0. The molecule has 2 N–H and O–H groups in total. The van der Waals surface area contributed by atoms with Gasteiger partial charge in [0.15, 0.2) is 5.79 Å². The van der Waals surface area contributed by atoms with E-state index in [1.54, 1.807) is 0 Å². The molecule has 0 atom stereocenters. The zero-order valence-corrected chi connectivity index (χ0v) is 11.9. The minimum absolute atomic E-state index is 0.0442. The molecule has 1 saturated carbocycles. The van der Waals surface area contributed by atoms with Crippen molar-refractivity contribution in [3.8, 4) is 0 Å². The van der Waals surface area contributed by atoms with Gasteiger partial charge in [-0.15, -0.1) is 0 Å². The van der Waals surface area contributed by atoms with Crippen LogP contribution in [0.4, 0.5) is 0 Å². The van der Waals surface area contributed by atoms with Crippen LogP contribution < -0.4 is 0 Å². The van der Waals surface area contributed by atoms with Gasteiger partial charge in [-0.05, 0) is 36.5 Å². The van der Waals surface area contributed by atoms with Crippen LogP contribution in [-0.4, -0.2) is 29.2 Å². The summed E-state index contributed by atoms with van der Waals surface area (Å²) in [6.45, 7) is 3.23. The molecule has 0 bridgehead atoms. The van der Waals surface area contributed by atoms with Gasteiger partial charge >= 0.3 is 0 Å². The highest BCUT2D eigenvalue weighted by Crippen LogP contribution is 2.46. The molecule has 110 valence electrons. The van der Waals surface area contributed by atoms with Gasteiger partial charge in [-0.2, -0.15) is 0 Å². The third-order valence-corrected chi connectivity index (χ3v) is 4.65. The molecule has 1 aromatic rings. The predicted molar refractivity (Wildman–Crippen MR) is 74.1 cm³/mol. The van der Waals surface area contributed by atoms with Crippen LogP contribution in [0.25, 0.3) is 0 Å². The molecule has 20 heavy (non-hydrogen) atoms. The van der Waals surface area contributed by atoms with E-state index in [1.165, 1.54) is 0 Å². The maximum Gasteiger partial charge on any atom is 0.168 e. The second-order valence-electron chi connectivity index (χ2n) is 5.91. The average Bonchev–Trinajstić information content (AvgIpc) is 2.91. The molecule has 0 aromatic heterocycles. The molecule has 2 aliphatic rings. The van der Waals surface area contributed by atoms with Crippen molar-refractivity contribution in [2.45, 2.75) is 50.6 Å². The molecule has 1 aromatic carbocycles. The van der Waals surface area contributed by atoms with Crippen molar-refractivity contribution >= 4 is 0 Å². The molecular weight excluding hydrogens is 256 g/mol. The maximum atomic E-state index is 11.1. The molecule has 0 amide bonds. The number of aliphatic hydroxyl groups is 2. The predicted octanol–water partition coefficient (Wildman–Crippen LogP) is 1.99. The van der Waals surface area contributed by atoms with Crippen LogP contribution in [-0.2, 0) is 21.7 Å². The Kier molecular flexibility index (Phi) is 3.58. The molecule has 4 heteroatoms. The van der Waals surface area contributed by atoms with E-state index < -0.39 is 11.4 Å². The number of hydrogen-bond acceptors (Lipinski definition) is 4. The molecule has 3 rings (SSSR count). The summed E-state index contributed by atoms with van der Waals surface area (Å²) in [5.41, 5.74) is 1.85. The van der Waals surface area contributed by atoms with Gasteiger partial charge in [0.1, 0.15) is 0 Å². The lowest BCUT2D eigenvalue weighted by atomic mass is 9.74. The van der Waals surface area contributed by atoms with Gasteiger partial charge in [0.25, 0.3) is 0 Å². The van der Waals surface area contributed by atoms with Crippen molar-refractivity contribution < 1.29 is 19.7 Å². The fourth-order valence-electron chi connectivity index (χ4n) is 3.61. The average molecular weight is 278 g/mol. The van der Waals surface area contributed by atoms with E-state index in [0.717, 1.165) is 16.7 Å². The molecule has 2 fully saturated rings. The summed E-state index contributed by atoms with van der Waals surface area (Å²) in [6, 6.07) is 5.79. The van der Waals surface area contributed by atoms with Crippen molar-refractivity contribution in [1.29, 1.82) is 0 Å². The molecule has 4 nitrogen and oxygen atoms in total. The summed E-state index contributed by atoms with van der Waals surface area (Å²) in [4.78, 5) is 0. The van der Waals surface area contributed by atoms with E-state index in [4.69, 9.17) is 9.47 Å². The maximum absolute atomic E-state index is 11.1. The minimum Gasteiger partial charge on any atom is -0.392 e. The van der Waals surface area contributed by atoms with Crippen molar-refractivity contribution in [2.24, 2.45) is 0 Å². The van der Waals surface area contributed by atoms with Crippen LogP contribution in [0.15, 0.2) is 18.2 Å². The van der Waals surface area contributed by atoms with Crippen LogP contribution in [0.1, 0.15) is 42.4 Å². The Bertz CT molecular complexity index is 481. The van der Waals surface area contributed by atoms with Crippen molar-refractivity contribution in [3.05, 3.63) is 34.9 Å². The van der Waals surface area contributed by atoms with Crippen molar-refractivity contribution in [3.63, 3.8) is 0 Å². The first-order valence-corrected chi connectivity index (χ1v) is 7.29. The van der Waals surface area contributed by atoms with Gasteiger partial charge in [0.2, 0.25) is 0 Å². The highest BCUT2D eigenvalue weighted by Gasteiger charge is 2.47. The lowest BCUT2D eigenvalue weighted by Gasteiger charge is -2.42. The Labute approximate surface area is 119 Å². The highest BCUT2D eigenvalue weighted by molar-refractivity contribution is 5.39. The molecule has 1 aliphatic heterocycles. The SMILES string of the molecule is Cc1cccc(CO)c1C1(O)CCC2(CC1)OCCO2. The number of benzene rings is 1. The molecule has 0 radical (unpaired) electrons. The zero-order valence-electron chi connectivity index (χ0n) is 11.9. The van der Waals surface area contributed by atoms with Gasteiger partial charge in [0, 0.05) is 12.8 Å². The lowest BCUT2D eigenvalue weighted by Crippen LogP contribution is -2.42. The molecule has 1 saturated heterocycles. The lowest BCUT2D eigenvalue weighted by molar-refractivity contribution is -0.204. The highest BCUT2D eigenvalue weighted by atomic mass is 16.7. The molecule has 0 unspecified atom stereocenters. The summed E-state index contributed by atoms with van der Waals surface area (Å²) in [6.07, 6.45) is 2.60. The van der Waals surface area contributed by atoms with E-state index in [9.17, 15) is 10.2 Å². The van der Waals surface area contributed by atoms with Crippen molar-refractivity contribution in [2.75, 3.05) is 13.2 Å². The molecule has 1 aliphatic carbocycles. The van der Waals surface area contributed by atoms with Crippen LogP contribution in [0.3, 0.4) is 0 Å². The largest absolute Gasteiger partial charge is 0.392 e. The molecule has 1 heterocycles. The second kappa shape index (κ2) is 5.11. The van der Waals surface area contributed by atoms with Crippen LogP contribution in [0.2, 0.25) is 0 Å². The topological polar surface area (TPSA) is 58.9 Å². The smallest absolute Gasteiger partial charge is 0.168 e. The van der Waals surface area contributed by atoms with Gasteiger partial charge in [-0.1, -0.05) is 18.2 Å². The third kappa shape index (κ3) is 2.27. The quantitative estimate of drug-likeness (QED) is 0.868.